The molecule has 0 spiro atoms. The number of nitrogens with one attached hydrogen (secondary N) is 1. The van der Waals surface area contributed by atoms with Gasteiger partial charge in [0, 0.05) is 45.4 Å². The highest BCUT2D eigenvalue weighted by Gasteiger charge is 2.32. The molecule has 6 aromatic carbocycles. The van der Waals surface area contributed by atoms with Gasteiger partial charge in [0.25, 0.3) is 0 Å². The second-order valence-corrected chi connectivity index (χ2v) is 13.0. The predicted octanol–water partition coefficient (Wildman–Crippen LogP) is 10.5. The van der Waals surface area contributed by atoms with E-state index in [-0.39, 0.29) is 0 Å². The quantitative estimate of drug-likeness (QED) is 0.194. The number of pyridine rings is 2. The lowest BCUT2D eigenvalue weighted by Gasteiger charge is -2.33. The van der Waals surface area contributed by atoms with E-state index in [9.17, 15) is 0 Å². The van der Waals surface area contributed by atoms with E-state index in [4.69, 9.17) is 9.98 Å². The Morgan fingerprint density at radius 2 is 0.922 bits per heavy atom. The van der Waals surface area contributed by atoms with Gasteiger partial charge in [0.2, 0.25) is 0 Å². The molecule has 1 aliphatic rings. The molecule has 242 valence electrons. The zero-order chi connectivity index (χ0) is 34.2. The smallest absolute Gasteiger partial charge is 0.159 e. The van der Waals surface area contributed by atoms with E-state index in [1.807, 2.05) is 30.6 Å². The number of hydrogen-bond donors (Lipinski definition) is 1. The third kappa shape index (κ3) is 5.75. The van der Waals surface area contributed by atoms with Gasteiger partial charge < -0.3 is 5.32 Å². The van der Waals surface area contributed by atoms with Gasteiger partial charge in [-0.25, -0.2) is 9.98 Å². The van der Waals surface area contributed by atoms with Crippen LogP contribution in [-0.4, -0.2) is 21.6 Å². The van der Waals surface area contributed by atoms with Crippen molar-refractivity contribution in [2.45, 2.75) is 12.6 Å². The Bertz CT molecular complexity index is 2580. The normalized spacial score (nSPS) is 15.6. The molecule has 3 heterocycles. The lowest BCUT2D eigenvalue weighted by atomic mass is 9.95. The molecule has 0 radical (unpaired) electrons. The summed E-state index contributed by atoms with van der Waals surface area (Å²) in [5.41, 5.74) is 10.9. The van der Waals surface area contributed by atoms with Crippen LogP contribution in [0.2, 0.25) is 0 Å². The molecule has 0 bridgehead atoms. The number of amidine groups is 2. The second-order valence-electron chi connectivity index (χ2n) is 13.0. The zero-order valence-electron chi connectivity index (χ0n) is 28.0. The molecule has 5 heteroatoms. The molecule has 1 aliphatic heterocycles. The molecule has 5 nitrogen and oxygen atoms in total. The summed E-state index contributed by atoms with van der Waals surface area (Å²) in [6.45, 7) is 2.12. The lowest BCUT2D eigenvalue weighted by molar-refractivity contribution is 0.455. The SMILES string of the molecule is CC1(c2ccc(-c3cccc4cccnc34)cc2)N=C(c2ccc(-c3ccccc3)cc2)N=C(c2ccc(-c3cccc4cccnc34)cc2)N1. The number of aliphatic imine (C=N–C) groups is 2. The number of hydrogen-bond acceptors (Lipinski definition) is 5. The highest BCUT2D eigenvalue weighted by atomic mass is 15.2. The molecule has 0 saturated carbocycles. The van der Waals surface area contributed by atoms with Gasteiger partial charge in [0.15, 0.2) is 11.5 Å². The van der Waals surface area contributed by atoms with Gasteiger partial charge in [0.1, 0.15) is 5.84 Å². The Labute approximate surface area is 296 Å². The molecule has 0 fully saturated rings. The van der Waals surface area contributed by atoms with Gasteiger partial charge in [-0.15, -0.1) is 0 Å². The largest absolute Gasteiger partial charge is 0.342 e. The Morgan fingerprint density at radius 3 is 1.53 bits per heavy atom. The van der Waals surface area contributed by atoms with Crippen molar-refractivity contribution in [2.24, 2.45) is 9.98 Å². The second kappa shape index (κ2) is 12.6. The van der Waals surface area contributed by atoms with Crippen LogP contribution in [0.4, 0.5) is 0 Å². The number of benzene rings is 6. The van der Waals surface area contributed by atoms with E-state index < -0.39 is 5.66 Å². The highest BCUT2D eigenvalue weighted by molar-refractivity contribution is 6.13. The average Bonchev–Trinajstić information content (AvgIpc) is 3.21. The summed E-state index contributed by atoms with van der Waals surface area (Å²) in [7, 11) is 0. The van der Waals surface area contributed by atoms with Gasteiger partial charge in [0.05, 0.1) is 11.0 Å². The van der Waals surface area contributed by atoms with Crippen molar-refractivity contribution < 1.29 is 0 Å². The molecule has 0 saturated heterocycles. The molecule has 1 atom stereocenters. The lowest BCUT2D eigenvalue weighted by Crippen LogP contribution is -2.46. The van der Waals surface area contributed by atoms with E-state index >= 15 is 0 Å². The van der Waals surface area contributed by atoms with E-state index in [0.29, 0.717) is 5.84 Å². The third-order valence-electron chi connectivity index (χ3n) is 9.65. The first-order valence-electron chi connectivity index (χ1n) is 17.1. The van der Waals surface area contributed by atoms with Crippen molar-refractivity contribution >= 4 is 33.5 Å². The summed E-state index contributed by atoms with van der Waals surface area (Å²) < 4.78 is 0. The Kier molecular flexibility index (Phi) is 7.51. The molecule has 0 amide bonds. The van der Waals surface area contributed by atoms with Crippen molar-refractivity contribution in [3.05, 3.63) is 193 Å². The molecule has 0 aliphatic carbocycles. The molecule has 1 unspecified atom stereocenters. The van der Waals surface area contributed by atoms with Crippen LogP contribution in [0.1, 0.15) is 23.6 Å². The summed E-state index contributed by atoms with van der Waals surface area (Å²) in [5, 5.41) is 5.96. The van der Waals surface area contributed by atoms with E-state index in [0.717, 1.165) is 72.1 Å². The molecule has 8 aromatic rings. The first-order chi connectivity index (χ1) is 25.1. The molecule has 1 N–H and O–H groups in total. The number of para-hydroxylation sites is 2. The fraction of sp³-hybridized carbons (Fsp3) is 0.0435. The van der Waals surface area contributed by atoms with E-state index in [1.165, 1.54) is 5.56 Å². The number of rotatable bonds is 6. The maximum atomic E-state index is 5.28. The van der Waals surface area contributed by atoms with Gasteiger partial charge in [-0.2, -0.15) is 0 Å². The summed E-state index contributed by atoms with van der Waals surface area (Å²) in [6, 6.07) is 56.9. The first-order valence-corrected chi connectivity index (χ1v) is 17.1. The highest BCUT2D eigenvalue weighted by Crippen LogP contribution is 2.33. The standard InChI is InChI=1S/C46H33N5/c1-46(39-27-25-34(26-28-39)41-16-6-12-36-14-8-30-48-43(36)41)50-44(37-21-17-32(18-22-37)31-9-3-2-4-10-31)49-45(51-46)38-23-19-33(20-24-38)40-15-5-11-35-13-7-29-47-42(35)40/h2-30H,1H3,(H,49,50,51). The van der Waals surface area contributed by atoms with Crippen molar-refractivity contribution in [3.63, 3.8) is 0 Å². The predicted molar refractivity (Wildman–Crippen MR) is 210 cm³/mol. The van der Waals surface area contributed by atoms with Gasteiger partial charge in [-0.3, -0.25) is 9.97 Å². The summed E-state index contributed by atoms with van der Waals surface area (Å²) in [4.78, 5) is 19.8. The van der Waals surface area contributed by atoms with Crippen molar-refractivity contribution in [1.82, 2.24) is 15.3 Å². The maximum absolute atomic E-state index is 5.28. The summed E-state index contributed by atoms with van der Waals surface area (Å²) >= 11 is 0. The average molecular weight is 656 g/mol. The van der Waals surface area contributed by atoms with Crippen LogP contribution in [-0.2, 0) is 5.66 Å². The fourth-order valence-corrected chi connectivity index (χ4v) is 6.93. The maximum Gasteiger partial charge on any atom is 0.159 e. The Balaban J connectivity index is 1.10. The van der Waals surface area contributed by atoms with Crippen molar-refractivity contribution in [3.8, 4) is 33.4 Å². The molecule has 51 heavy (non-hydrogen) atoms. The van der Waals surface area contributed by atoms with E-state index in [2.05, 4.69) is 168 Å². The van der Waals surface area contributed by atoms with Crippen LogP contribution in [0.5, 0.6) is 0 Å². The van der Waals surface area contributed by atoms with Crippen LogP contribution in [0, 0.1) is 0 Å². The van der Waals surface area contributed by atoms with Gasteiger partial charge in [-0.1, -0.05) is 152 Å². The van der Waals surface area contributed by atoms with Gasteiger partial charge >= 0.3 is 0 Å². The Morgan fingerprint density at radius 1 is 0.431 bits per heavy atom. The minimum atomic E-state index is -0.779. The third-order valence-corrected chi connectivity index (χ3v) is 9.65. The van der Waals surface area contributed by atoms with Crippen LogP contribution in [0.15, 0.2) is 186 Å². The summed E-state index contributed by atoms with van der Waals surface area (Å²) in [5.74, 6) is 1.44. The monoisotopic (exact) mass is 655 g/mol. The number of aromatic nitrogens is 2. The minimum absolute atomic E-state index is 0.676. The molecule has 9 rings (SSSR count). The molecule has 2 aromatic heterocycles. The van der Waals surface area contributed by atoms with Crippen LogP contribution < -0.4 is 5.32 Å². The Hall–Kier alpha value is -6.72. The van der Waals surface area contributed by atoms with Crippen molar-refractivity contribution in [2.75, 3.05) is 0 Å². The van der Waals surface area contributed by atoms with Crippen LogP contribution in [0.25, 0.3) is 55.2 Å². The fourth-order valence-electron chi connectivity index (χ4n) is 6.93. The van der Waals surface area contributed by atoms with Crippen molar-refractivity contribution in [1.29, 1.82) is 0 Å². The summed E-state index contributed by atoms with van der Waals surface area (Å²) in [6.07, 6.45) is 3.70. The molecular weight excluding hydrogens is 623 g/mol. The number of nitrogens with zero attached hydrogens (tertiary/aromatic N) is 4. The minimum Gasteiger partial charge on any atom is -0.342 e. The van der Waals surface area contributed by atoms with Gasteiger partial charge in [-0.05, 0) is 46.9 Å². The van der Waals surface area contributed by atoms with Crippen LogP contribution in [0.3, 0.4) is 0 Å². The topological polar surface area (TPSA) is 62.5 Å². The zero-order valence-corrected chi connectivity index (χ0v) is 28.0. The molecular formula is C46H33N5. The number of fused-ring (bicyclic) bond motifs is 2. The van der Waals surface area contributed by atoms with Crippen LogP contribution >= 0.6 is 0 Å². The van der Waals surface area contributed by atoms with E-state index in [1.54, 1.807) is 0 Å². The first kappa shape index (κ1) is 30.3.